The predicted molar refractivity (Wildman–Crippen MR) is 71.5 cm³/mol. The van der Waals surface area contributed by atoms with Gasteiger partial charge in [0, 0.05) is 30.7 Å². The van der Waals surface area contributed by atoms with Crippen molar-refractivity contribution in [1.29, 1.82) is 0 Å². The molecule has 5 nitrogen and oxygen atoms in total. The summed E-state index contributed by atoms with van der Waals surface area (Å²) < 4.78 is 0. The van der Waals surface area contributed by atoms with Crippen LogP contribution in [0.15, 0.2) is 12.1 Å². The second-order valence-corrected chi connectivity index (χ2v) is 5.34. The van der Waals surface area contributed by atoms with Gasteiger partial charge >= 0.3 is 0 Å². The van der Waals surface area contributed by atoms with Crippen LogP contribution in [0.5, 0.6) is 0 Å². The molecule has 1 saturated heterocycles. The smallest absolute Gasteiger partial charge is 0.177 e. The van der Waals surface area contributed by atoms with Crippen LogP contribution < -0.4 is 5.73 Å². The lowest BCUT2D eigenvalue weighted by Gasteiger charge is -2.33. The van der Waals surface area contributed by atoms with Gasteiger partial charge in [0.1, 0.15) is 5.82 Å². The highest BCUT2D eigenvalue weighted by Gasteiger charge is 2.25. The monoisotopic (exact) mass is 245 g/mol. The second-order valence-electron chi connectivity index (χ2n) is 5.34. The van der Waals surface area contributed by atoms with Gasteiger partial charge in [0.15, 0.2) is 5.65 Å². The molecule has 1 aliphatic rings. The van der Waals surface area contributed by atoms with E-state index in [1.165, 1.54) is 0 Å². The molecule has 18 heavy (non-hydrogen) atoms. The van der Waals surface area contributed by atoms with E-state index in [0.717, 1.165) is 42.2 Å². The number of imidazole rings is 1. The zero-order chi connectivity index (χ0) is 12.7. The minimum atomic E-state index is 0.243. The molecule has 2 atom stereocenters. The molecule has 3 N–H and O–H groups in total. The van der Waals surface area contributed by atoms with E-state index in [2.05, 4.69) is 39.0 Å². The number of aromatic nitrogens is 3. The van der Waals surface area contributed by atoms with Crippen LogP contribution in [-0.2, 0) is 0 Å². The molecular formula is C13H19N5. The van der Waals surface area contributed by atoms with E-state index in [4.69, 9.17) is 5.73 Å². The number of nitrogens with one attached hydrogen (secondary N) is 1. The van der Waals surface area contributed by atoms with E-state index in [1.54, 1.807) is 0 Å². The van der Waals surface area contributed by atoms with Gasteiger partial charge in [-0.05, 0) is 32.5 Å². The van der Waals surface area contributed by atoms with Gasteiger partial charge in [-0.3, -0.25) is 0 Å². The highest BCUT2D eigenvalue weighted by molar-refractivity contribution is 5.70. The number of likely N-dealkylation sites (N-methyl/N-ethyl adjacent to an activating group) is 1. The lowest BCUT2D eigenvalue weighted by atomic mass is 9.92. The zero-order valence-electron chi connectivity index (χ0n) is 10.8. The Morgan fingerprint density at radius 2 is 2.17 bits per heavy atom. The Hall–Kier alpha value is -1.46. The van der Waals surface area contributed by atoms with Crippen LogP contribution in [0.25, 0.3) is 11.2 Å². The molecule has 96 valence electrons. The van der Waals surface area contributed by atoms with Crippen LogP contribution in [0.2, 0.25) is 0 Å². The molecule has 2 aromatic heterocycles. The molecule has 1 aliphatic heterocycles. The molecule has 0 amide bonds. The fraction of sp³-hybridized carbons (Fsp3) is 0.538. The van der Waals surface area contributed by atoms with Crippen molar-refractivity contribution in [3.8, 4) is 0 Å². The van der Waals surface area contributed by atoms with Crippen LogP contribution in [0, 0.1) is 6.92 Å². The molecule has 0 bridgehead atoms. The molecule has 5 heteroatoms. The first-order chi connectivity index (χ1) is 8.61. The predicted octanol–water partition coefficient (Wildman–Crippen LogP) is 1.01. The average molecular weight is 245 g/mol. The number of aromatic amines is 1. The van der Waals surface area contributed by atoms with Gasteiger partial charge in [0.25, 0.3) is 0 Å². The van der Waals surface area contributed by atoms with Crippen LogP contribution in [0.3, 0.4) is 0 Å². The minimum absolute atomic E-state index is 0.243. The Balaban J connectivity index is 1.93. The quantitative estimate of drug-likeness (QED) is 0.786. The van der Waals surface area contributed by atoms with Crippen LogP contribution in [0.4, 0.5) is 0 Å². The number of fused-ring (bicyclic) bond motifs is 1. The van der Waals surface area contributed by atoms with Crippen molar-refractivity contribution in [2.45, 2.75) is 25.3 Å². The SMILES string of the molecule is Cc1nc2nc(C3CC(N)CN(C)C3)ccc2[nH]1. The first-order valence-corrected chi connectivity index (χ1v) is 6.39. The van der Waals surface area contributed by atoms with E-state index in [-0.39, 0.29) is 6.04 Å². The highest BCUT2D eigenvalue weighted by atomic mass is 15.1. The maximum atomic E-state index is 6.08. The van der Waals surface area contributed by atoms with Crippen molar-refractivity contribution < 1.29 is 0 Å². The summed E-state index contributed by atoms with van der Waals surface area (Å²) in [6.45, 7) is 3.95. The van der Waals surface area contributed by atoms with Gasteiger partial charge in [0.2, 0.25) is 0 Å². The van der Waals surface area contributed by atoms with Gasteiger partial charge < -0.3 is 15.6 Å². The van der Waals surface area contributed by atoms with E-state index >= 15 is 0 Å². The third kappa shape index (κ3) is 2.11. The summed E-state index contributed by atoms with van der Waals surface area (Å²) in [4.78, 5) is 14.5. The number of H-pyrrole nitrogens is 1. The number of nitrogens with zero attached hydrogens (tertiary/aromatic N) is 3. The van der Waals surface area contributed by atoms with Crippen LogP contribution in [0.1, 0.15) is 23.9 Å². The number of aryl methyl sites for hydroxylation is 1. The Labute approximate surface area is 106 Å². The largest absolute Gasteiger partial charge is 0.341 e. The van der Waals surface area contributed by atoms with Crippen molar-refractivity contribution in [2.24, 2.45) is 5.73 Å². The van der Waals surface area contributed by atoms with E-state index in [0.29, 0.717) is 5.92 Å². The maximum Gasteiger partial charge on any atom is 0.177 e. The summed E-state index contributed by atoms with van der Waals surface area (Å²) in [6, 6.07) is 4.40. The third-order valence-corrected chi connectivity index (χ3v) is 3.57. The fourth-order valence-electron chi connectivity index (χ4n) is 2.83. The average Bonchev–Trinajstić information content (AvgIpc) is 2.66. The number of hydrogen-bond acceptors (Lipinski definition) is 4. The summed E-state index contributed by atoms with van der Waals surface area (Å²) in [5.41, 5.74) is 9.00. The molecule has 2 unspecified atom stereocenters. The number of hydrogen-bond donors (Lipinski definition) is 2. The van der Waals surface area contributed by atoms with Gasteiger partial charge in [-0.1, -0.05) is 0 Å². The number of piperidine rings is 1. The molecule has 3 rings (SSSR count). The minimum Gasteiger partial charge on any atom is -0.341 e. The normalized spacial score (nSPS) is 25.7. The van der Waals surface area contributed by atoms with Crippen molar-refractivity contribution in [1.82, 2.24) is 19.9 Å². The maximum absolute atomic E-state index is 6.08. The lowest BCUT2D eigenvalue weighted by molar-refractivity contribution is 0.225. The molecule has 0 spiro atoms. The van der Waals surface area contributed by atoms with E-state index < -0.39 is 0 Å². The molecule has 0 saturated carbocycles. The molecule has 1 fully saturated rings. The number of rotatable bonds is 1. The zero-order valence-corrected chi connectivity index (χ0v) is 10.8. The van der Waals surface area contributed by atoms with Crippen molar-refractivity contribution in [2.75, 3.05) is 20.1 Å². The Morgan fingerprint density at radius 1 is 1.33 bits per heavy atom. The van der Waals surface area contributed by atoms with E-state index in [1.807, 2.05) is 6.92 Å². The molecule has 0 aromatic carbocycles. The summed E-state index contributed by atoms with van der Waals surface area (Å²) in [5.74, 6) is 1.33. The number of pyridine rings is 1. The fourth-order valence-corrected chi connectivity index (χ4v) is 2.83. The Bertz CT molecular complexity index is 552. The molecule has 0 radical (unpaired) electrons. The molecular weight excluding hydrogens is 226 g/mol. The summed E-state index contributed by atoms with van der Waals surface area (Å²) in [7, 11) is 2.11. The molecule has 3 heterocycles. The van der Waals surface area contributed by atoms with E-state index in [9.17, 15) is 0 Å². The lowest BCUT2D eigenvalue weighted by Crippen LogP contribution is -2.44. The number of nitrogens with two attached hydrogens (primary N) is 1. The van der Waals surface area contributed by atoms with Crippen molar-refractivity contribution >= 4 is 11.2 Å². The van der Waals surface area contributed by atoms with Crippen molar-refractivity contribution in [3.63, 3.8) is 0 Å². The Morgan fingerprint density at radius 3 is 2.94 bits per heavy atom. The number of likely N-dealkylation sites (tertiary alicyclic amines) is 1. The third-order valence-electron chi connectivity index (χ3n) is 3.57. The summed E-state index contributed by atoms with van der Waals surface area (Å²) in [6.07, 6.45) is 1.01. The first kappa shape index (κ1) is 11.6. The molecule has 0 aliphatic carbocycles. The van der Waals surface area contributed by atoms with Crippen LogP contribution >= 0.6 is 0 Å². The van der Waals surface area contributed by atoms with Gasteiger partial charge in [-0.2, -0.15) is 0 Å². The Kier molecular flexibility index (Phi) is 2.80. The standard InChI is InChI=1S/C13H19N5/c1-8-15-12-4-3-11(17-13(12)16-8)9-5-10(14)7-18(2)6-9/h3-4,9-10H,5-7,14H2,1-2H3,(H,15,16,17). The van der Waals surface area contributed by atoms with Gasteiger partial charge in [0.05, 0.1) is 5.52 Å². The highest BCUT2D eigenvalue weighted by Crippen LogP contribution is 2.25. The first-order valence-electron chi connectivity index (χ1n) is 6.39. The summed E-state index contributed by atoms with van der Waals surface area (Å²) >= 11 is 0. The van der Waals surface area contributed by atoms with Crippen molar-refractivity contribution in [3.05, 3.63) is 23.7 Å². The molecule has 2 aromatic rings. The second kappa shape index (κ2) is 4.33. The summed E-state index contributed by atoms with van der Waals surface area (Å²) in [5, 5.41) is 0. The van der Waals surface area contributed by atoms with Gasteiger partial charge in [-0.25, -0.2) is 9.97 Å². The van der Waals surface area contributed by atoms with Crippen LogP contribution in [-0.4, -0.2) is 46.0 Å². The van der Waals surface area contributed by atoms with Gasteiger partial charge in [-0.15, -0.1) is 0 Å². The topological polar surface area (TPSA) is 70.8 Å².